The van der Waals surface area contributed by atoms with E-state index >= 15 is 0 Å². The van der Waals surface area contributed by atoms with Crippen molar-refractivity contribution in [2.45, 2.75) is 45.3 Å². The highest BCUT2D eigenvalue weighted by atomic mass is 16.5. The number of ether oxygens (including phenoxy) is 1. The number of aliphatic hydroxyl groups is 1. The molecule has 0 aliphatic heterocycles. The number of benzene rings is 1. The second kappa shape index (κ2) is 4.00. The van der Waals surface area contributed by atoms with Gasteiger partial charge in [0.1, 0.15) is 5.75 Å². The molecule has 1 fully saturated rings. The highest BCUT2D eigenvalue weighted by Gasteiger charge is 2.46. The average molecular weight is 235 g/mol. The van der Waals surface area contributed by atoms with E-state index in [0.29, 0.717) is 0 Å². The summed E-state index contributed by atoms with van der Waals surface area (Å²) in [6, 6.07) is 2.00. The van der Waals surface area contributed by atoms with Crippen LogP contribution in [0.2, 0.25) is 0 Å². The molecule has 17 heavy (non-hydrogen) atoms. The molecule has 1 aromatic rings. The maximum atomic E-state index is 10.3. The number of rotatable bonds is 3. The first-order valence-corrected chi connectivity index (χ1v) is 6.02. The fourth-order valence-electron chi connectivity index (χ4n) is 2.42. The van der Waals surface area contributed by atoms with Gasteiger partial charge in [0.15, 0.2) is 0 Å². The van der Waals surface area contributed by atoms with Gasteiger partial charge in [-0.05, 0) is 61.9 Å². The summed E-state index contributed by atoms with van der Waals surface area (Å²) in [4.78, 5) is 0. The zero-order valence-electron chi connectivity index (χ0n) is 11.0. The Labute approximate surface area is 103 Å². The molecule has 0 bridgehead atoms. The maximum Gasteiger partial charge on any atom is 0.124 e. The average Bonchev–Trinajstić information content (AvgIpc) is 3.03. The summed E-state index contributed by atoms with van der Waals surface area (Å²) in [5.74, 6) is 0.903. The van der Waals surface area contributed by atoms with Gasteiger partial charge in [-0.15, -0.1) is 0 Å². The first-order valence-electron chi connectivity index (χ1n) is 6.02. The highest BCUT2D eigenvalue weighted by Crippen LogP contribution is 2.45. The Bertz CT molecular complexity index is 450. The summed E-state index contributed by atoms with van der Waals surface area (Å²) < 4.78 is 5.38. The molecule has 0 aromatic heterocycles. The predicted molar refractivity (Wildman–Crippen MR) is 68.3 cm³/mol. The minimum absolute atomic E-state index is 0.405. The number of hydrogen-bond donors (Lipinski definition) is 2. The number of aryl methyl sites for hydroxylation is 1. The largest absolute Gasteiger partial charge is 0.496 e. The van der Waals surface area contributed by atoms with E-state index in [1.165, 1.54) is 0 Å². The fraction of sp³-hybridized carbons (Fsp3) is 0.571. The Morgan fingerprint density at radius 3 is 2.35 bits per heavy atom. The van der Waals surface area contributed by atoms with Crippen LogP contribution >= 0.6 is 0 Å². The Balaban J connectivity index is 2.49. The Hall–Kier alpha value is -1.06. The van der Waals surface area contributed by atoms with Gasteiger partial charge >= 0.3 is 0 Å². The van der Waals surface area contributed by atoms with Crippen molar-refractivity contribution in [3.63, 3.8) is 0 Å². The van der Waals surface area contributed by atoms with Crippen LogP contribution in [0.3, 0.4) is 0 Å². The van der Waals surface area contributed by atoms with Gasteiger partial charge in [-0.3, -0.25) is 0 Å². The van der Waals surface area contributed by atoms with Crippen LogP contribution < -0.4 is 10.5 Å². The second-order valence-corrected chi connectivity index (χ2v) is 5.20. The molecule has 0 radical (unpaired) electrons. The third-order valence-corrected chi connectivity index (χ3v) is 3.94. The lowest BCUT2D eigenvalue weighted by Crippen LogP contribution is -2.31. The zero-order chi connectivity index (χ0) is 12.8. The smallest absolute Gasteiger partial charge is 0.124 e. The molecule has 0 amide bonds. The van der Waals surface area contributed by atoms with E-state index in [9.17, 15) is 5.11 Å². The van der Waals surface area contributed by atoms with Crippen molar-refractivity contribution in [3.05, 3.63) is 28.3 Å². The van der Waals surface area contributed by atoms with Crippen molar-refractivity contribution in [3.8, 4) is 5.75 Å². The number of hydrogen-bond acceptors (Lipinski definition) is 3. The molecule has 1 saturated carbocycles. The van der Waals surface area contributed by atoms with Gasteiger partial charge < -0.3 is 15.6 Å². The van der Waals surface area contributed by atoms with Crippen molar-refractivity contribution >= 4 is 0 Å². The van der Waals surface area contributed by atoms with Crippen molar-refractivity contribution in [1.29, 1.82) is 0 Å². The summed E-state index contributed by atoms with van der Waals surface area (Å²) in [7, 11) is 1.68. The summed E-state index contributed by atoms with van der Waals surface area (Å²) in [6.45, 7) is 6.03. The van der Waals surface area contributed by atoms with E-state index in [0.717, 1.165) is 40.8 Å². The van der Waals surface area contributed by atoms with Gasteiger partial charge in [0.05, 0.1) is 13.2 Å². The summed E-state index contributed by atoms with van der Waals surface area (Å²) in [5.41, 5.74) is 9.84. The van der Waals surface area contributed by atoms with Gasteiger partial charge in [0.25, 0.3) is 0 Å². The molecule has 1 unspecified atom stereocenters. The van der Waals surface area contributed by atoms with Gasteiger partial charge in [0.2, 0.25) is 0 Å². The monoisotopic (exact) mass is 235 g/mol. The highest BCUT2D eigenvalue weighted by molar-refractivity contribution is 5.50. The third-order valence-electron chi connectivity index (χ3n) is 3.94. The Kier molecular flexibility index (Phi) is 2.92. The van der Waals surface area contributed by atoms with Crippen LogP contribution in [0.25, 0.3) is 0 Å². The van der Waals surface area contributed by atoms with E-state index < -0.39 is 11.6 Å². The molecule has 1 aromatic carbocycles. The van der Waals surface area contributed by atoms with Gasteiger partial charge in [-0.2, -0.15) is 0 Å². The SMILES string of the molecule is COc1c(C)cc(C(O)C2(N)CC2)c(C)c1C. The topological polar surface area (TPSA) is 55.5 Å². The van der Waals surface area contributed by atoms with E-state index in [-0.39, 0.29) is 0 Å². The van der Waals surface area contributed by atoms with E-state index in [1.807, 2.05) is 26.8 Å². The number of aliphatic hydroxyl groups excluding tert-OH is 1. The normalized spacial score (nSPS) is 18.9. The standard InChI is InChI=1S/C14H21NO2/c1-8-7-11(13(16)14(15)5-6-14)9(2)10(3)12(8)17-4/h7,13,16H,5-6,15H2,1-4H3. The second-order valence-electron chi connectivity index (χ2n) is 5.20. The Morgan fingerprint density at radius 2 is 1.88 bits per heavy atom. The first kappa shape index (κ1) is 12.4. The quantitative estimate of drug-likeness (QED) is 0.844. The molecule has 94 valence electrons. The minimum atomic E-state index is -0.564. The number of nitrogens with two attached hydrogens (primary N) is 1. The molecule has 3 heteroatoms. The summed E-state index contributed by atoms with van der Waals surface area (Å²) in [5, 5.41) is 10.3. The van der Waals surface area contributed by atoms with Crippen LogP contribution in [-0.2, 0) is 0 Å². The van der Waals surface area contributed by atoms with E-state index in [1.54, 1.807) is 7.11 Å². The molecule has 1 atom stereocenters. The van der Waals surface area contributed by atoms with Gasteiger partial charge in [0, 0.05) is 5.54 Å². The molecule has 2 rings (SSSR count). The van der Waals surface area contributed by atoms with Gasteiger partial charge in [-0.25, -0.2) is 0 Å². The maximum absolute atomic E-state index is 10.3. The van der Waals surface area contributed by atoms with Crippen molar-refractivity contribution in [2.75, 3.05) is 7.11 Å². The van der Waals surface area contributed by atoms with Crippen LogP contribution in [0.15, 0.2) is 6.07 Å². The molecule has 3 N–H and O–H groups in total. The van der Waals surface area contributed by atoms with Crippen LogP contribution in [0.5, 0.6) is 5.75 Å². The molecule has 0 spiro atoms. The lowest BCUT2D eigenvalue weighted by atomic mass is 9.91. The van der Waals surface area contributed by atoms with E-state index in [2.05, 4.69) is 0 Å². The van der Waals surface area contributed by atoms with Crippen molar-refractivity contribution < 1.29 is 9.84 Å². The molecule has 0 saturated heterocycles. The number of methoxy groups -OCH3 is 1. The van der Waals surface area contributed by atoms with E-state index in [4.69, 9.17) is 10.5 Å². The molecule has 0 heterocycles. The fourth-order valence-corrected chi connectivity index (χ4v) is 2.42. The van der Waals surface area contributed by atoms with Crippen molar-refractivity contribution in [2.24, 2.45) is 5.73 Å². The minimum Gasteiger partial charge on any atom is -0.496 e. The van der Waals surface area contributed by atoms with Gasteiger partial charge in [-0.1, -0.05) is 0 Å². The van der Waals surface area contributed by atoms with Crippen LogP contribution in [-0.4, -0.2) is 17.8 Å². The lowest BCUT2D eigenvalue weighted by molar-refractivity contribution is 0.135. The zero-order valence-corrected chi connectivity index (χ0v) is 11.0. The molecular weight excluding hydrogens is 214 g/mol. The van der Waals surface area contributed by atoms with Crippen LogP contribution in [0, 0.1) is 20.8 Å². The van der Waals surface area contributed by atoms with Crippen molar-refractivity contribution in [1.82, 2.24) is 0 Å². The Morgan fingerprint density at radius 1 is 1.29 bits per heavy atom. The predicted octanol–water partition coefficient (Wildman–Crippen LogP) is 2.15. The first-order chi connectivity index (χ1) is 7.90. The molecular formula is C14H21NO2. The summed E-state index contributed by atoms with van der Waals surface area (Å²) >= 11 is 0. The molecule has 1 aliphatic carbocycles. The van der Waals surface area contributed by atoms with Crippen LogP contribution in [0.4, 0.5) is 0 Å². The lowest BCUT2D eigenvalue weighted by Gasteiger charge is -2.23. The third kappa shape index (κ3) is 1.94. The van der Waals surface area contributed by atoms with Crippen LogP contribution in [0.1, 0.15) is 41.2 Å². The summed E-state index contributed by atoms with van der Waals surface area (Å²) in [6.07, 6.45) is 1.24. The molecule has 3 nitrogen and oxygen atoms in total. The molecule has 1 aliphatic rings.